The first-order chi connectivity index (χ1) is 5.49. The molecule has 1 aliphatic heterocycles. The first kappa shape index (κ1) is 10.1. The Morgan fingerprint density at radius 3 is 3.00 bits per heavy atom. The maximum Gasteiger partial charge on any atom is 0.387 e. The number of carbonyl (C=O) groups excluding carboxylic acids is 1. The van der Waals surface area contributed by atoms with Crippen LogP contribution in [0.25, 0.3) is 0 Å². The van der Waals surface area contributed by atoms with E-state index >= 15 is 0 Å². The average molecular weight is 212 g/mol. The van der Waals surface area contributed by atoms with E-state index in [1.807, 2.05) is 0 Å². The van der Waals surface area contributed by atoms with Gasteiger partial charge in [0.2, 0.25) is 0 Å². The molecule has 0 aromatic carbocycles. The number of hydrogen-bond donors (Lipinski definition) is 1. The van der Waals surface area contributed by atoms with Gasteiger partial charge < -0.3 is 9.63 Å². The molecule has 0 bridgehead atoms. The van der Waals surface area contributed by atoms with Gasteiger partial charge in [-0.1, -0.05) is 0 Å². The summed E-state index contributed by atoms with van der Waals surface area (Å²) in [6, 6.07) is 0. The van der Waals surface area contributed by atoms with Gasteiger partial charge in [0.15, 0.2) is 0 Å². The van der Waals surface area contributed by atoms with Crippen LogP contribution in [0, 0.1) is 0 Å². The Morgan fingerprint density at radius 1 is 1.92 bits per heavy atom. The molecule has 1 heterocycles. The Bertz CT molecular complexity index is 230. The molecule has 0 radical (unpaired) electrons. The zero-order valence-corrected chi connectivity index (χ0v) is 8.14. The second-order valence-electron chi connectivity index (χ2n) is 2.29. The van der Waals surface area contributed by atoms with Gasteiger partial charge in [-0.15, -0.1) is 0 Å². The lowest BCUT2D eigenvalue weighted by molar-refractivity contribution is -0.143. The molecule has 0 amide bonds. The highest BCUT2D eigenvalue weighted by molar-refractivity contribution is 8.55. The lowest BCUT2D eigenvalue weighted by Gasteiger charge is -2.07. The molecule has 70 valence electrons. The van der Waals surface area contributed by atoms with Crippen molar-refractivity contribution in [1.29, 1.82) is 0 Å². The second kappa shape index (κ2) is 3.79. The molecule has 0 aliphatic carbocycles. The molecule has 1 fully saturated rings. The smallest absolute Gasteiger partial charge is 0.387 e. The molecule has 1 rings (SSSR count). The van der Waals surface area contributed by atoms with Gasteiger partial charge >= 0.3 is 12.8 Å². The molecule has 0 saturated carbocycles. The van der Waals surface area contributed by atoms with Gasteiger partial charge in [0.05, 0.1) is 0 Å². The largest absolute Gasteiger partial charge is 0.463 e. The van der Waals surface area contributed by atoms with Crippen molar-refractivity contribution in [2.24, 2.45) is 0 Å². The molecule has 0 spiro atoms. The van der Waals surface area contributed by atoms with Crippen LogP contribution in [0.15, 0.2) is 0 Å². The molecule has 12 heavy (non-hydrogen) atoms. The third-order valence-electron chi connectivity index (χ3n) is 1.18. The van der Waals surface area contributed by atoms with Crippen molar-refractivity contribution >= 4 is 24.1 Å². The van der Waals surface area contributed by atoms with E-state index in [-0.39, 0.29) is 6.61 Å². The monoisotopic (exact) mass is 212 g/mol. The van der Waals surface area contributed by atoms with Gasteiger partial charge in [-0.25, -0.2) is 4.57 Å². The van der Waals surface area contributed by atoms with E-state index in [0.29, 0.717) is 5.75 Å². The highest BCUT2D eigenvalue weighted by atomic mass is 32.7. The number of carbonyl (C=O) groups is 1. The Morgan fingerprint density at radius 2 is 2.58 bits per heavy atom. The summed E-state index contributed by atoms with van der Waals surface area (Å²) in [4.78, 5) is 19.2. The summed E-state index contributed by atoms with van der Waals surface area (Å²) in [6.45, 7) is -2.11. The van der Waals surface area contributed by atoms with Crippen LogP contribution < -0.4 is 0 Å². The molecular formula is C5H9O5PS. The van der Waals surface area contributed by atoms with E-state index in [0.717, 1.165) is 11.4 Å². The second-order valence-corrected chi connectivity index (χ2v) is 6.19. The molecule has 0 aromatic heterocycles. The minimum atomic E-state index is -3.43. The van der Waals surface area contributed by atoms with Crippen LogP contribution in [0.1, 0.15) is 6.92 Å². The van der Waals surface area contributed by atoms with Gasteiger partial charge in [0, 0.05) is 12.7 Å². The summed E-state index contributed by atoms with van der Waals surface area (Å²) in [5.41, 5.74) is 0. The van der Waals surface area contributed by atoms with Gasteiger partial charge in [-0.2, -0.15) is 0 Å². The minimum Gasteiger partial charge on any atom is -0.463 e. The van der Waals surface area contributed by atoms with E-state index in [4.69, 9.17) is 9.42 Å². The normalized spacial score (nSPS) is 35.0. The fraction of sp³-hybridized carbons (Fsp3) is 0.800. The van der Waals surface area contributed by atoms with Crippen LogP contribution >= 0.6 is 18.2 Å². The summed E-state index contributed by atoms with van der Waals surface area (Å²) in [5, 5.41) is 0. The minimum absolute atomic E-state index is 0.0485. The maximum absolute atomic E-state index is 10.8. The van der Waals surface area contributed by atoms with Crippen molar-refractivity contribution < 1.29 is 23.5 Å². The van der Waals surface area contributed by atoms with E-state index in [1.54, 1.807) is 0 Å². The number of rotatable bonds is 2. The molecule has 2 atom stereocenters. The molecule has 1 aliphatic rings. The highest BCUT2D eigenvalue weighted by Gasteiger charge is 2.34. The SMILES string of the molecule is CC(=O)OC[C@@H]1CSP(=O)(O)O1. The molecule has 7 heteroatoms. The van der Waals surface area contributed by atoms with Crippen molar-refractivity contribution in [2.45, 2.75) is 13.0 Å². The molecule has 1 N–H and O–H groups in total. The van der Waals surface area contributed by atoms with Crippen molar-refractivity contribution in [1.82, 2.24) is 0 Å². The Balaban J connectivity index is 2.29. The van der Waals surface area contributed by atoms with Crippen LogP contribution in [0.3, 0.4) is 0 Å². The third kappa shape index (κ3) is 3.15. The third-order valence-corrected chi connectivity index (χ3v) is 4.27. The van der Waals surface area contributed by atoms with Crippen LogP contribution in [0.4, 0.5) is 0 Å². The summed E-state index contributed by atoms with van der Waals surface area (Å²) >= 11 is 0.857. The van der Waals surface area contributed by atoms with Crippen LogP contribution in [0.2, 0.25) is 0 Å². The zero-order chi connectivity index (χ0) is 9.19. The van der Waals surface area contributed by atoms with Gasteiger partial charge in [-0.3, -0.25) is 9.32 Å². The van der Waals surface area contributed by atoms with Crippen LogP contribution in [0.5, 0.6) is 0 Å². The van der Waals surface area contributed by atoms with Gasteiger partial charge in [0.1, 0.15) is 12.7 Å². The summed E-state index contributed by atoms with van der Waals surface area (Å²) < 4.78 is 20.1. The first-order valence-electron chi connectivity index (χ1n) is 3.29. The van der Waals surface area contributed by atoms with E-state index in [9.17, 15) is 9.36 Å². The average Bonchev–Trinajstić information content (AvgIpc) is 2.26. The number of ether oxygens (including phenoxy) is 1. The molecule has 1 saturated heterocycles. The Kier molecular flexibility index (Phi) is 3.17. The lowest BCUT2D eigenvalue weighted by atomic mass is 10.4. The van der Waals surface area contributed by atoms with Crippen LogP contribution in [-0.2, 0) is 18.6 Å². The quantitative estimate of drug-likeness (QED) is 0.538. The van der Waals surface area contributed by atoms with Crippen molar-refractivity contribution in [3.8, 4) is 0 Å². The van der Waals surface area contributed by atoms with E-state index in [1.165, 1.54) is 6.92 Å². The highest BCUT2D eigenvalue weighted by Crippen LogP contribution is 2.61. The zero-order valence-electron chi connectivity index (χ0n) is 6.43. The Hall–Kier alpha value is -0.0300. The topological polar surface area (TPSA) is 72.8 Å². The standard InChI is InChI=1S/C5H9O5PS/c1-4(6)9-2-5-3-12-11(7,8)10-5/h5H,2-3H2,1H3,(H,7,8)/t5-/m1/s1. The fourth-order valence-corrected chi connectivity index (χ4v) is 3.52. The van der Waals surface area contributed by atoms with Crippen LogP contribution in [-0.4, -0.2) is 29.3 Å². The molecular weight excluding hydrogens is 203 g/mol. The number of hydrogen-bond acceptors (Lipinski definition) is 5. The predicted octanol–water partition coefficient (Wildman–Crippen LogP) is 0.782. The maximum atomic E-state index is 10.8. The number of esters is 1. The first-order valence-corrected chi connectivity index (χ1v) is 6.45. The summed E-state index contributed by atoms with van der Waals surface area (Å²) in [6.07, 6.45) is -0.449. The fourth-order valence-electron chi connectivity index (χ4n) is 0.715. The molecule has 5 nitrogen and oxygen atoms in total. The Labute approximate surface area is 73.7 Å². The molecule has 0 aromatic rings. The lowest BCUT2D eigenvalue weighted by Crippen LogP contribution is -2.18. The van der Waals surface area contributed by atoms with E-state index in [2.05, 4.69) is 4.74 Å². The van der Waals surface area contributed by atoms with Crippen molar-refractivity contribution in [3.63, 3.8) is 0 Å². The van der Waals surface area contributed by atoms with Crippen molar-refractivity contribution in [3.05, 3.63) is 0 Å². The van der Waals surface area contributed by atoms with Gasteiger partial charge in [0.25, 0.3) is 0 Å². The summed E-state index contributed by atoms with van der Waals surface area (Å²) in [5.74, 6) is -0.0237. The summed E-state index contributed by atoms with van der Waals surface area (Å²) in [7, 11) is 0. The van der Waals surface area contributed by atoms with Gasteiger partial charge in [-0.05, 0) is 11.4 Å². The van der Waals surface area contributed by atoms with E-state index < -0.39 is 18.9 Å². The molecule has 1 unspecified atom stereocenters. The van der Waals surface area contributed by atoms with Crippen molar-refractivity contribution in [2.75, 3.05) is 12.4 Å². The predicted molar refractivity (Wildman–Crippen MR) is 43.8 cm³/mol.